The van der Waals surface area contributed by atoms with E-state index in [1.54, 1.807) is 31.2 Å². The number of anilines is 1. The molecular weight excluding hydrogens is 457 g/mol. The number of halogens is 1. The summed E-state index contributed by atoms with van der Waals surface area (Å²) in [7, 11) is -3.81. The molecule has 0 unspecified atom stereocenters. The molecule has 9 heteroatoms. The van der Waals surface area contributed by atoms with Crippen molar-refractivity contribution in [1.29, 1.82) is 0 Å². The van der Waals surface area contributed by atoms with E-state index in [2.05, 4.69) is 5.32 Å². The highest BCUT2D eigenvalue weighted by Gasteiger charge is 2.31. The molecular formula is C25H34FN3O4S. The molecule has 2 aromatic carbocycles. The van der Waals surface area contributed by atoms with Gasteiger partial charge in [0.05, 0.1) is 11.9 Å². The van der Waals surface area contributed by atoms with E-state index in [4.69, 9.17) is 0 Å². The van der Waals surface area contributed by atoms with E-state index in [0.29, 0.717) is 12.1 Å². The maximum Gasteiger partial charge on any atom is 0.244 e. The topological polar surface area (TPSA) is 86.8 Å². The number of rotatable bonds is 10. The SMILES string of the molecule is CC[C@@H](C)NC(=O)[C@@H](C)N(Cc1ccccc1F)C(=O)CN(c1ccc(C)c(C)c1)S(C)(=O)=O. The Balaban J connectivity index is 2.42. The second-order valence-corrected chi connectivity index (χ2v) is 10.6. The molecule has 34 heavy (non-hydrogen) atoms. The van der Waals surface area contributed by atoms with E-state index < -0.39 is 40.2 Å². The largest absolute Gasteiger partial charge is 0.352 e. The van der Waals surface area contributed by atoms with Crippen LogP contribution >= 0.6 is 0 Å². The van der Waals surface area contributed by atoms with Crippen molar-refractivity contribution in [3.63, 3.8) is 0 Å². The molecule has 0 heterocycles. The van der Waals surface area contributed by atoms with Crippen LogP contribution in [-0.4, -0.2) is 50.0 Å². The number of aryl methyl sites for hydroxylation is 2. The first-order chi connectivity index (χ1) is 15.8. The molecule has 0 aliphatic carbocycles. The average Bonchev–Trinajstić information content (AvgIpc) is 2.77. The molecule has 2 rings (SSSR count). The molecule has 0 fully saturated rings. The van der Waals surface area contributed by atoms with Gasteiger partial charge in [0.15, 0.2) is 0 Å². The zero-order chi connectivity index (χ0) is 25.6. The van der Waals surface area contributed by atoms with E-state index in [0.717, 1.165) is 21.7 Å². The normalized spacial score (nSPS) is 13.1. The first kappa shape index (κ1) is 27.3. The Bertz CT molecular complexity index is 1140. The predicted octanol–water partition coefficient (Wildman–Crippen LogP) is 3.54. The Morgan fingerprint density at radius 1 is 1.06 bits per heavy atom. The lowest BCUT2D eigenvalue weighted by Crippen LogP contribution is -2.52. The summed E-state index contributed by atoms with van der Waals surface area (Å²) in [6, 6.07) is 10.1. The first-order valence-electron chi connectivity index (χ1n) is 11.2. The zero-order valence-electron chi connectivity index (χ0n) is 20.6. The molecule has 186 valence electrons. The summed E-state index contributed by atoms with van der Waals surface area (Å²) in [4.78, 5) is 27.5. The molecule has 0 saturated carbocycles. The van der Waals surface area contributed by atoms with Crippen LogP contribution in [0.5, 0.6) is 0 Å². The van der Waals surface area contributed by atoms with Crippen LogP contribution in [0.2, 0.25) is 0 Å². The molecule has 0 aliphatic heterocycles. The number of sulfonamides is 1. The van der Waals surface area contributed by atoms with Gasteiger partial charge < -0.3 is 10.2 Å². The summed E-state index contributed by atoms with van der Waals surface area (Å²) in [6.07, 6.45) is 1.73. The molecule has 2 amide bonds. The Morgan fingerprint density at radius 2 is 1.71 bits per heavy atom. The monoisotopic (exact) mass is 491 g/mol. The molecule has 0 aliphatic rings. The summed E-state index contributed by atoms with van der Waals surface area (Å²) in [5.41, 5.74) is 2.45. The van der Waals surface area contributed by atoms with Crippen LogP contribution in [0.4, 0.5) is 10.1 Å². The minimum Gasteiger partial charge on any atom is -0.352 e. The summed E-state index contributed by atoms with van der Waals surface area (Å²) in [6.45, 7) is 8.39. The molecule has 0 spiro atoms. The molecule has 0 radical (unpaired) electrons. The number of amides is 2. The second-order valence-electron chi connectivity index (χ2n) is 8.65. The summed E-state index contributed by atoms with van der Waals surface area (Å²) >= 11 is 0. The lowest BCUT2D eigenvalue weighted by Gasteiger charge is -2.32. The molecule has 0 bridgehead atoms. The van der Waals surface area contributed by atoms with Crippen molar-refractivity contribution >= 4 is 27.5 Å². The Kier molecular flexibility index (Phi) is 9.21. The van der Waals surface area contributed by atoms with Crippen LogP contribution in [0.1, 0.15) is 43.9 Å². The van der Waals surface area contributed by atoms with Gasteiger partial charge in [-0.15, -0.1) is 0 Å². The van der Waals surface area contributed by atoms with Crippen molar-refractivity contribution in [3.05, 3.63) is 65.0 Å². The van der Waals surface area contributed by atoms with Crippen LogP contribution < -0.4 is 9.62 Å². The van der Waals surface area contributed by atoms with Crippen molar-refractivity contribution in [1.82, 2.24) is 10.2 Å². The predicted molar refractivity (Wildman–Crippen MR) is 132 cm³/mol. The molecule has 2 atom stereocenters. The van der Waals surface area contributed by atoms with Gasteiger partial charge >= 0.3 is 0 Å². The number of nitrogens with zero attached hydrogens (tertiary/aromatic N) is 2. The summed E-state index contributed by atoms with van der Waals surface area (Å²) in [5, 5.41) is 2.84. The van der Waals surface area contributed by atoms with Gasteiger partial charge in [0.1, 0.15) is 18.4 Å². The third-order valence-corrected chi connectivity index (χ3v) is 7.07. The van der Waals surface area contributed by atoms with Crippen LogP contribution in [0, 0.1) is 19.7 Å². The standard InChI is InChI=1S/C25H34FN3O4S/c1-7-19(4)27-25(31)20(5)28(15-21-10-8-9-11-23(21)26)24(30)16-29(34(6,32)33)22-13-12-17(2)18(3)14-22/h8-14,19-20H,7,15-16H2,1-6H3,(H,27,31)/t19-,20-/m1/s1. The number of hydrogen-bond donors (Lipinski definition) is 1. The number of carbonyl (C=O) groups is 2. The van der Waals surface area contributed by atoms with Crippen LogP contribution in [-0.2, 0) is 26.2 Å². The van der Waals surface area contributed by atoms with E-state index >= 15 is 0 Å². The summed E-state index contributed by atoms with van der Waals surface area (Å²) < 4.78 is 40.6. The van der Waals surface area contributed by atoms with E-state index in [-0.39, 0.29) is 18.2 Å². The lowest BCUT2D eigenvalue weighted by atomic mass is 10.1. The van der Waals surface area contributed by atoms with Crippen molar-refractivity contribution in [2.45, 2.75) is 59.7 Å². The fourth-order valence-electron chi connectivity index (χ4n) is 3.35. The number of hydrogen-bond acceptors (Lipinski definition) is 4. The van der Waals surface area contributed by atoms with Crippen LogP contribution in [0.3, 0.4) is 0 Å². The lowest BCUT2D eigenvalue weighted by molar-refractivity contribution is -0.139. The first-order valence-corrected chi connectivity index (χ1v) is 13.1. The van der Waals surface area contributed by atoms with Gasteiger partial charge in [-0.1, -0.05) is 31.2 Å². The van der Waals surface area contributed by atoms with Crippen LogP contribution in [0.25, 0.3) is 0 Å². The van der Waals surface area contributed by atoms with E-state index in [1.807, 2.05) is 27.7 Å². The average molecular weight is 492 g/mol. The molecule has 0 aromatic heterocycles. The number of benzene rings is 2. The third kappa shape index (κ3) is 7.03. The zero-order valence-corrected chi connectivity index (χ0v) is 21.4. The fourth-order valence-corrected chi connectivity index (χ4v) is 4.19. The fraction of sp³-hybridized carbons (Fsp3) is 0.440. The molecule has 0 saturated heterocycles. The quantitative estimate of drug-likeness (QED) is 0.551. The van der Waals surface area contributed by atoms with E-state index in [1.165, 1.54) is 23.1 Å². The van der Waals surface area contributed by atoms with Gasteiger partial charge in [0, 0.05) is 18.2 Å². The number of nitrogens with one attached hydrogen (secondary N) is 1. The minimum absolute atomic E-state index is 0.108. The molecule has 7 nitrogen and oxygen atoms in total. The summed E-state index contributed by atoms with van der Waals surface area (Å²) in [5.74, 6) is -1.52. The number of carbonyl (C=O) groups excluding carboxylic acids is 2. The van der Waals surface area contributed by atoms with Gasteiger partial charge in [-0.25, -0.2) is 12.8 Å². The molecule has 1 N–H and O–H groups in total. The van der Waals surface area contributed by atoms with Crippen LogP contribution in [0.15, 0.2) is 42.5 Å². The van der Waals surface area contributed by atoms with Gasteiger partial charge in [0.25, 0.3) is 0 Å². The highest BCUT2D eigenvalue weighted by atomic mass is 32.2. The highest BCUT2D eigenvalue weighted by molar-refractivity contribution is 7.92. The van der Waals surface area contributed by atoms with Gasteiger partial charge in [-0.05, 0) is 63.4 Å². The van der Waals surface area contributed by atoms with Gasteiger partial charge in [-0.3, -0.25) is 13.9 Å². The van der Waals surface area contributed by atoms with Crippen molar-refractivity contribution in [2.75, 3.05) is 17.1 Å². The van der Waals surface area contributed by atoms with Crippen molar-refractivity contribution < 1.29 is 22.4 Å². The maximum absolute atomic E-state index is 14.4. The van der Waals surface area contributed by atoms with Crippen molar-refractivity contribution in [3.8, 4) is 0 Å². The maximum atomic E-state index is 14.4. The second kappa shape index (κ2) is 11.5. The smallest absolute Gasteiger partial charge is 0.244 e. The highest BCUT2D eigenvalue weighted by Crippen LogP contribution is 2.22. The minimum atomic E-state index is -3.81. The Labute approximate surface area is 202 Å². The van der Waals surface area contributed by atoms with Gasteiger partial charge in [0.2, 0.25) is 21.8 Å². The third-order valence-electron chi connectivity index (χ3n) is 5.92. The van der Waals surface area contributed by atoms with Crippen molar-refractivity contribution in [2.24, 2.45) is 0 Å². The van der Waals surface area contributed by atoms with E-state index in [9.17, 15) is 22.4 Å². The van der Waals surface area contributed by atoms with Gasteiger partial charge in [-0.2, -0.15) is 0 Å². The Morgan fingerprint density at radius 3 is 2.26 bits per heavy atom. The molecule has 2 aromatic rings. The Hall–Kier alpha value is -2.94.